The molecular weight excluding hydrogens is 256 g/mol. The second-order valence-electron chi connectivity index (χ2n) is 5.03. The Morgan fingerprint density at radius 2 is 2.40 bits per heavy atom. The van der Waals surface area contributed by atoms with Crippen molar-refractivity contribution in [2.24, 2.45) is 5.73 Å². The maximum absolute atomic E-state index is 11.6. The first-order valence-corrected chi connectivity index (χ1v) is 6.91. The van der Waals surface area contributed by atoms with Crippen molar-refractivity contribution in [3.8, 4) is 0 Å². The van der Waals surface area contributed by atoms with Crippen molar-refractivity contribution in [2.45, 2.75) is 31.8 Å². The highest BCUT2D eigenvalue weighted by molar-refractivity contribution is 5.81. The van der Waals surface area contributed by atoms with Gasteiger partial charge in [0.1, 0.15) is 18.0 Å². The monoisotopic (exact) mass is 278 g/mol. The Bertz CT molecular complexity index is 464. The number of nitrogens with zero attached hydrogens (tertiary/aromatic N) is 3. The Labute approximate surface area is 119 Å². The van der Waals surface area contributed by atoms with Gasteiger partial charge in [-0.1, -0.05) is 0 Å². The number of nitrogens with one attached hydrogen (secondary N) is 2. The Morgan fingerprint density at radius 1 is 1.60 bits per heavy atom. The highest BCUT2D eigenvalue weighted by Gasteiger charge is 2.26. The third-order valence-electron chi connectivity index (χ3n) is 3.51. The summed E-state index contributed by atoms with van der Waals surface area (Å²) in [7, 11) is 1.83. The zero-order chi connectivity index (χ0) is 14.5. The number of hydrogen-bond acceptors (Lipinski definition) is 6. The van der Waals surface area contributed by atoms with Crippen molar-refractivity contribution in [3.05, 3.63) is 12.4 Å². The van der Waals surface area contributed by atoms with Crippen molar-refractivity contribution in [2.75, 3.05) is 30.4 Å². The standard InChI is InChI=1S/C13H22N6O/c1-9(14)13(20)16-7-10-4-3-5-19(10)12-6-11(15-2)17-8-18-12/h6,8-10H,3-5,7,14H2,1-2H3,(H,16,20)(H,15,17,18). The Morgan fingerprint density at radius 3 is 3.10 bits per heavy atom. The molecule has 1 saturated heterocycles. The van der Waals surface area contributed by atoms with Gasteiger partial charge in [-0.25, -0.2) is 9.97 Å². The van der Waals surface area contributed by atoms with Crippen molar-refractivity contribution in [1.82, 2.24) is 15.3 Å². The zero-order valence-corrected chi connectivity index (χ0v) is 12.0. The quantitative estimate of drug-likeness (QED) is 0.699. The average molecular weight is 278 g/mol. The van der Waals surface area contributed by atoms with Crippen LogP contribution in [-0.4, -0.2) is 48.1 Å². The lowest BCUT2D eigenvalue weighted by atomic mass is 10.2. The van der Waals surface area contributed by atoms with Gasteiger partial charge in [0, 0.05) is 32.2 Å². The number of amides is 1. The summed E-state index contributed by atoms with van der Waals surface area (Å²) in [5.74, 6) is 1.57. The minimum Gasteiger partial charge on any atom is -0.373 e. The summed E-state index contributed by atoms with van der Waals surface area (Å²) in [5.41, 5.74) is 5.55. The largest absolute Gasteiger partial charge is 0.373 e. The fraction of sp³-hybridized carbons (Fsp3) is 0.615. The van der Waals surface area contributed by atoms with Crippen LogP contribution in [0.5, 0.6) is 0 Å². The van der Waals surface area contributed by atoms with Crippen LogP contribution >= 0.6 is 0 Å². The SMILES string of the molecule is CNc1cc(N2CCCC2CNC(=O)C(C)N)ncn1. The molecule has 1 aliphatic rings. The summed E-state index contributed by atoms with van der Waals surface area (Å²) >= 11 is 0. The first kappa shape index (κ1) is 14.5. The number of aromatic nitrogens is 2. The van der Waals surface area contributed by atoms with Crippen molar-refractivity contribution in [3.63, 3.8) is 0 Å². The highest BCUT2D eigenvalue weighted by atomic mass is 16.2. The van der Waals surface area contributed by atoms with Crippen LogP contribution in [0.25, 0.3) is 0 Å². The van der Waals surface area contributed by atoms with Gasteiger partial charge < -0.3 is 21.3 Å². The Kier molecular flexibility index (Phi) is 4.73. The van der Waals surface area contributed by atoms with Gasteiger partial charge in [0.05, 0.1) is 6.04 Å². The first-order chi connectivity index (χ1) is 9.61. The van der Waals surface area contributed by atoms with E-state index in [1.165, 1.54) is 0 Å². The van der Waals surface area contributed by atoms with Crippen LogP contribution in [0.4, 0.5) is 11.6 Å². The Hall–Kier alpha value is -1.89. The fourth-order valence-corrected chi connectivity index (χ4v) is 2.37. The number of anilines is 2. The molecule has 0 aromatic carbocycles. The van der Waals surface area contributed by atoms with E-state index in [4.69, 9.17) is 5.73 Å². The molecule has 2 heterocycles. The number of nitrogens with two attached hydrogens (primary N) is 1. The number of carbonyl (C=O) groups excluding carboxylic acids is 1. The molecular formula is C13H22N6O. The molecule has 4 N–H and O–H groups in total. The molecule has 2 unspecified atom stereocenters. The number of rotatable bonds is 5. The summed E-state index contributed by atoms with van der Waals surface area (Å²) in [6, 6.07) is 1.71. The molecule has 1 amide bonds. The molecule has 20 heavy (non-hydrogen) atoms. The van der Waals surface area contributed by atoms with Crippen LogP contribution in [0.1, 0.15) is 19.8 Å². The van der Waals surface area contributed by atoms with E-state index in [2.05, 4.69) is 25.5 Å². The van der Waals surface area contributed by atoms with E-state index < -0.39 is 6.04 Å². The summed E-state index contributed by atoms with van der Waals surface area (Å²) in [5, 5.41) is 5.89. The van der Waals surface area contributed by atoms with Crippen LogP contribution in [0.15, 0.2) is 12.4 Å². The summed E-state index contributed by atoms with van der Waals surface area (Å²) in [6.07, 6.45) is 3.69. The van der Waals surface area contributed by atoms with Gasteiger partial charge in [0.2, 0.25) is 5.91 Å². The molecule has 0 saturated carbocycles. The van der Waals surface area contributed by atoms with Gasteiger partial charge in [-0.15, -0.1) is 0 Å². The van der Waals surface area contributed by atoms with Crippen molar-refractivity contribution >= 4 is 17.5 Å². The van der Waals surface area contributed by atoms with Gasteiger partial charge in [0.25, 0.3) is 0 Å². The van der Waals surface area contributed by atoms with E-state index in [1.54, 1.807) is 13.3 Å². The molecule has 1 fully saturated rings. The van der Waals surface area contributed by atoms with Crippen molar-refractivity contribution in [1.29, 1.82) is 0 Å². The second-order valence-corrected chi connectivity index (χ2v) is 5.03. The van der Waals surface area contributed by atoms with Gasteiger partial charge in [0.15, 0.2) is 0 Å². The zero-order valence-electron chi connectivity index (χ0n) is 12.0. The summed E-state index contributed by atoms with van der Waals surface area (Å²) < 4.78 is 0. The van der Waals surface area contributed by atoms with Crippen LogP contribution < -0.4 is 21.3 Å². The van der Waals surface area contributed by atoms with E-state index in [0.717, 1.165) is 31.0 Å². The Balaban J connectivity index is 2.01. The van der Waals surface area contributed by atoms with Gasteiger partial charge in [-0.2, -0.15) is 0 Å². The molecule has 0 radical (unpaired) electrons. The predicted molar refractivity (Wildman–Crippen MR) is 78.6 cm³/mol. The summed E-state index contributed by atoms with van der Waals surface area (Å²) in [6.45, 7) is 3.23. The van der Waals surface area contributed by atoms with Crippen LogP contribution in [0.3, 0.4) is 0 Å². The van der Waals surface area contributed by atoms with Gasteiger partial charge in [-0.05, 0) is 19.8 Å². The lowest BCUT2D eigenvalue weighted by molar-refractivity contribution is -0.122. The minimum atomic E-state index is -0.472. The van der Waals surface area contributed by atoms with E-state index in [9.17, 15) is 4.79 Å². The molecule has 0 bridgehead atoms. The summed E-state index contributed by atoms with van der Waals surface area (Å²) in [4.78, 5) is 22.2. The van der Waals surface area contributed by atoms with Crippen molar-refractivity contribution < 1.29 is 4.79 Å². The molecule has 2 atom stereocenters. The normalized spacial score (nSPS) is 19.8. The number of carbonyl (C=O) groups is 1. The maximum atomic E-state index is 11.6. The molecule has 1 aliphatic heterocycles. The molecule has 1 aromatic heterocycles. The molecule has 7 heteroatoms. The predicted octanol–water partition coefficient (Wildman–Crippen LogP) is -0.0495. The van der Waals surface area contributed by atoms with E-state index in [1.807, 2.05) is 13.1 Å². The minimum absolute atomic E-state index is 0.115. The molecule has 2 rings (SSSR count). The maximum Gasteiger partial charge on any atom is 0.236 e. The molecule has 1 aromatic rings. The topological polar surface area (TPSA) is 96.2 Å². The molecule has 7 nitrogen and oxygen atoms in total. The lowest BCUT2D eigenvalue weighted by Crippen LogP contribution is -2.45. The molecule has 0 aliphatic carbocycles. The van der Waals surface area contributed by atoms with Crippen LogP contribution in [0, 0.1) is 0 Å². The molecule has 110 valence electrons. The second kappa shape index (κ2) is 6.51. The third kappa shape index (κ3) is 3.36. The van der Waals surface area contributed by atoms with Gasteiger partial charge in [-0.3, -0.25) is 4.79 Å². The molecule has 0 spiro atoms. The highest BCUT2D eigenvalue weighted by Crippen LogP contribution is 2.24. The van der Waals surface area contributed by atoms with E-state index in [0.29, 0.717) is 6.54 Å². The average Bonchev–Trinajstić information content (AvgIpc) is 2.93. The smallest absolute Gasteiger partial charge is 0.236 e. The van der Waals surface area contributed by atoms with E-state index >= 15 is 0 Å². The van der Waals surface area contributed by atoms with E-state index in [-0.39, 0.29) is 11.9 Å². The third-order valence-corrected chi connectivity index (χ3v) is 3.51. The fourth-order valence-electron chi connectivity index (χ4n) is 2.37. The number of hydrogen-bond donors (Lipinski definition) is 3. The lowest BCUT2D eigenvalue weighted by Gasteiger charge is -2.26. The first-order valence-electron chi connectivity index (χ1n) is 6.91. The van der Waals surface area contributed by atoms with Crippen LogP contribution in [0.2, 0.25) is 0 Å². The van der Waals surface area contributed by atoms with Gasteiger partial charge >= 0.3 is 0 Å². The van der Waals surface area contributed by atoms with Crippen LogP contribution in [-0.2, 0) is 4.79 Å².